The molecule has 11 heteroatoms. The molecule has 2 fully saturated rings. The third-order valence-electron chi connectivity index (χ3n) is 6.40. The monoisotopic (exact) mass is 491 g/mol. The van der Waals surface area contributed by atoms with Gasteiger partial charge in [-0.15, -0.1) is 0 Å². The van der Waals surface area contributed by atoms with Gasteiger partial charge in [0.05, 0.1) is 12.5 Å². The van der Waals surface area contributed by atoms with Crippen molar-refractivity contribution in [3.63, 3.8) is 0 Å². The molecule has 2 aliphatic rings. The molecule has 2 atom stereocenters. The Morgan fingerprint density at radius 2 is 1.89 bits per heavy atom. The summed E-state index contributed by atoms with van der Waals surface area (Å²) < 4.78 is 10.2. The number of likely N-dealkylation sites (tertiary alicyclic amines) is 1. The molecule has 3 amide bonds. The number of H-pyrrole nitrogens is 1. The summed E-state index contributed by atoms with van der Waals surface area (Å²) in [6.45, 7) is 3.73. The minimum Gasteiger partial charge on any atom is -0.366 e. The zero-order chi connectivity index (χ0) is 25.2. The average molecular weight is 492 g/mol. The zero-order valence-electron chi connectivity index (χ0n) is 19.6. The summed E-state index contributed by atoms with van der Waals surface area (Å²) in [6.07, 6.45) is 0.0368. The lowest BCUT2D eigenvalue weighted by atomic mass is 10.00. The van der Waals surface area contributed by atoms with Gasteiger partial charge in [0.1, 0.15) is 6.10 Å². The van der Waals surface area contributed by atoms with Crippen LogP contribution in [0.5, 0.6) is 0 Å². The number of carbonyl (C=O) groups is 3. The number of carbonyl (C=O) groups excluding carboxylic acids is 3. The van der Waals surface area contributed by atoms with E-state index >= 15 is 0 Å². The molecule has 0 aliphatic carbocycles. The number of hydrogen-bond acceptors (Lipinski definition) is 7. The second-order valence-electron chi connectivity index (χ2n) is 8.78. The van der Waals surface area contributed by atoms with Crippen LogP contribution in [0, 0.1) is 5.92 Å². The lowest BCUT2D eigenvalue weighted by Gasteiger charge is -2.35. The van der Waals surface area contributed by atoms with Crippen LogP contribution >= 0.6 is 0 Å². The second kappa shape index (κ2) is 9.78. The van der Waals surface area contributed by atoms with E-state index in [4.69, 9.17) is 4.74 Å². The third-order valence-corrected chi connectivity index (χ3v) is 6.40. The van der Waals surface area contributed by atoms with E-state index in [2.05, 4.69) is 20.0 Å². The van der Waals surface area contributed by atoms with E-state index in [-0.39, 0.29) is 30.2 Å². The Kier molecular flexibility index (Phi) is 6.38. The number of amides is 3. The first kappa shape index (κ1) is 23.5. The molecule has 5 rings (SSSR count). The molecule has 186 valence electrons. The van der Waals surface area contributed by atoms with Crippen molar-refractivity contribution in [1.82, 2.24) is 15.0 Å². The van der Waals surface area contributed by atoms with E-state index in [1.807, 2.05) is 0 Å². The molecule has 36 heavy (non-hydrogen) atoms. The number of nitrogens with one attached hydrogen (secondary N) is 2. The SMILES string of the molecule is CC(C(=O)Nc1ccc(-c2noc(=O)[nH]2)cc1)C1OCCN(c2cccc(C(=O)N3CCC3)c2)C1=O. The molecule has 2 saturated heterocycles. The highest BCUT2D eigenvalue weighted by atomic mass is 16.5. The van der Waals surface area contributed by atoms with Gasteiger partial charge in [0.2, 0.25) is 5.91 Å². The van der Waals surface area contributed by atoms with Gasteiger partial charge in [0, 0.05) is 42.1 Å². The van der Waals surface area contributed by atoms with Crippen molar-refractivity contribution in [1.29, 1.82) is 0 Å². The third kappa shape index (κ3) is 4.65. The summed E-state index contributed by atoms with van der Waals surface area (Å²) in [5, 5.41) is 6.42. The van der Waals surface area contributed by atoms with Gasteiger partial charge in [-0.3, -0.25) is 23.9 Å². The maximum atomic E-state index is 13.3. The Morgan fingerprint density at radius 1 is 1.11 bits per heavy atom. The first-order valence-corrected chi connectivity index (χ1v) is 11.7. The van der Waals surface area contributed by atoms with Crippen LogP contribution in [0.1, 0.15) is 23.7 Å². The van der Waals surface area contributed by atoms with Gasteiger partial charge in [0.25, 0.3) is 11.8 Å². The fourth-order valence-corrected chi connectivity index (χ4v) is 4.19. The first-order valence-electron chi connectivity index (χ1n) is 11.7. The fraction of sp³-hybridized carbons (Fsp3) is 0.320. The van der Waals surface area contributed by atoms with Crippen molar-refractivity contribution < 1.29 is 23.6 Å². The molecule has 0 saturated carbocycles. The first-order chi connectivity index (χ1) is 17.4. The van der Waals surface area contributed by atoms with Gasteiger partial charge in [-0.05, 0) is 48.9 Å². The Hall–Kier alpha value is -4.25. The molecular weight excluding hydrogens is 466 g/mol. The van der Waals surface area contributed by atoms with E-state index in [1.54, 1.807) is 65.3 Å². The zero-order valence-corrected chi connectivity index (χ0v) is 19.6. The fourth-order valence-electron chi connectivity index (χ4n) is 4.19. The summed E-state index contributed by atoms with van der Waals surface area (Å²) in [5.41, 5.74) is 2.27. The van der Waals surface area contributed by atoms with Crippen molar-refractivity contribution in [2.24, 2.45) is 5.92 Å². The van der Waals surface area contributed by atoms with Crippen LogP contribution in [0.15, 0.2) is 57.8 Å². The summed E-state index contributed by atoms with van der Waals surface area (Å²) in [7, 11) is 0. The lowest BCUT2D eigenvalue weighted by Crippen LogP contribution is -2.52. The van der Waals surface area contributed by atoms with Crippen LogP contribution in [0.3, 0.4) is 0 Å². The van der Waals surface area contributed by atoms with Gasteiger partial charge in [-0.2, -0.15) is 0 Å². The maximum Gasteiger partial charge on any atom is 0.439 e. The number of nitrogens with zero attached hydrogens (tertiary/aromatic N) is 3. The van der Waals surface area contributed by atoms with E-state index in [0.717, 1.165) is 19.5 Å². The van der Waals surface area contributed by atoms with Crippen LogP contribution in [0.2, 0.25) is 0 Å². The largest absolute Gasteiger partial charge is 0.439 e. The predicted octanol–water partition coefficient (Wildman–Crippen LogP) is 1.88. The number of ether oxygens (including phenoxy) is 1. The van der Waals surface area contributed by atoms with Crippen molar-refractivity contribution in [3.8, 4) is 11.4 Å². The van der Waals surface area contributed by atoms with E-state index in [9.17, 15) is 19.2 Å². The van der Waals surface area contributed by atoms with Gasteiger partial charge >= 0.3 is 5.76 Å². The van der Waals surface area contributed by atoms with Crippen molar-refractivity contribution >= 4 is 29.1 Å². The minimum absolute atomic E-state index is 0.0472. The Bertz CT molecular complexity index is 1340. The molecule has 0 bridgehead atoms. The number of rotatable bonds is 6. The number of aromatic nitrogens is 2. The molecule has 2 aromatic carbocycles. The lowest BCUT2D eigenvalue weighted by molar-refractivity contribution is -0.143. The number of hydrogen-bond donors (Lipinski definition) is 2. The van der Waals surface area contributed by atoms with Gasteiger partial charge < -0.3 is 19.9 Å². The maximum absolute atomic E-state index is 13.3. The van der Waals surface area contributed by atoms with Crippen LogP contribution in [-0.4, -0.2) is 65.1 Å². The molecule has 2 N–H and O–H groups in total. The van der Waals surface area contributed by atoms with Crippen molar-refractivity contribution in [2.45, 2.75) is 19.4 Å². The molecule has 0 spiro atoms. The van der Waals surface area contributed by atoms with E-state index < -0.39 is 17.8 Å². The van der Waals surface area contributed by atoms with Crippen LogP contribution in [0.25, 0.3) is 11.4 Å². The normalized spacial score (nSPS) is 18.5. The Morgan fingerprint density at radius 3 is 2.56 bits per heavy atom. The van der Waals surface area contributed by atoms with Gasteiger partial charge in [0.15, 0.2) is 5.82 Å². The average Bonchev–Trinajstić information content (AvgIpc) is 3.29. The predicted molar refractivity (Wildman–Crippen MR) is 129 cm³/mol. The quantitative estimate of drug-likeness (QED) is 0.537. The van der Waals surface area contributed by atoms with Crippen molar-refractivity contribution in [2.75, 3.05) is 36.5 Å². The van der Waals surface area contributed by atoms with Crippen molar-refractivity contribution in [3.05, 3.63) is 64.6 Å². The Labute approximate surface area is 206 Å². The minimum atomic E-state index is -0.965. The summed E-state index contributed by atoms with van der Waals surface area (Å²) in [4.78, 5) is 55.7. The Balaban J connectivity index is 1.25. The molecule has 2 unspecified atom stereocenters. The molecule has 11 nitrogen and oxygen atoms in total. The molecule has 0 radical (unpaired) electrons. The van der Waals surface area contributed by atoms with E-state index in [1.165, 1.54) is 0 Å². The smallest absolute Gasteiger partial charge is 0.366 e. The molecule has 1 aromatic heterocycles. The summed E-state index contributed by atoms with van der Waals surface area (Å²) >= 11 is 0. The topological polar surface area (TPSA) is 138 Å². The second-order valence-corrected chi connectivity index (χ2v) is 8.78. The molecule has 3 heterocycles. The molecular formula is C25H25N5O6. The standard InChI is InChI=1S/C25H25N5O6/c1-15(22(31)26-18-8-6-16(7-9-18)21-27-25(34)36-28-21)20-24(33)30(12-13-35-20)19-5-2-4-17(14-19)23(32)29-10-3-11-29/h2,4-9,14-15,20H,3,10-13H2,1H3,(H,26,31)(H,27,28,34). The molecule has 2 aliphatic heterocycles. The van der Waals surface area contributed by atoms with Gasteiger partial charge in [-0.1, -0.05) is 18.1 Å². The molecule has 3 aromatic rings. The number of benzene rings is 2. The van der Waals surface area contributed by atoms with Crippen LogP contribution in [-0.2, 0) is 14.3 Å². The highest BCUT2D eigenvalue weighted by Crippen LogP contribution is 2.25. The van der Waals surface area contributed by atoms with Crippen LogP contribution in [0.4, 0.5) is 11.4 Å². The summed E-state index contributed by atoms with van der Waals surface area (Å²) in [5.74, 6) is -1.89. The summed E-state index contributed by atoms with van der Waals surface area (Å²) in [6, 6.07) is 13.7. The highest BCUT2D eigenvalue weighted by Gasteiger charge is 2.38. The van der Waals surface area contributed by atoms with Gasteiger partial charge in [-0.25, -0.2) is 4.79 Å². The number of morpholine rings is 1. The number of anilines is 2. The number of aromatic amines is 1. The van der Waals surface area contributed by atoms with E-state index in [0.29, 0.717) is 29.0 Å². The highest BCUT2D eigenvalue weighted by molar-refractivity contribution is 6.03. The van der Waals surface area contributed by atoms with Crippen LogP contribution < -0.4 is 16.0 Å².